The summed E-state index contributed by atoms with van der Waals surface area (Å²) in [5.41, 5.74) is 6.55. The number of fused-ring (bicyclic) bond motifs is 2. The first kappa shape index (κ1) is 14.4. The number of ketones is 2. The zero-order valence-corrected chi connectivity index (χ0v) is 12.3. The van der Waals surface area contributed by atoms with Gasteiger partial charge in [0.15, 0.2) is 11.6 Å². The second-order valence-electron chi connectivity index (χ2n) is 5.07. The number of anilines is 1. The lowest BCUT2D eigenvalue weighted by Crippen LogP contribution is -2.24. The summed E-state index contributed by atoms with van der Waals surface area (Å²) in [7, 11) is -4.48. The van der Waals surface area contributed by atoms with Crippen LogP contribution in [0.15, 0.2) is 35.2 Å². The van der Waals surface area contributed by atoms with Gasteiger partial charge in [-0.15, -0.1) is 0 Å². The summed E-state index contributed by atoms with van der Waals surface area (Å²) in [6, 6.07) is 6.75. The third-order valence-electron chi connectivity index (χ3n) is 3.65. The van der Waals surface area contributed by atoms with Crippen LogP contribution in [0.25, 0.3) is 0 Å². The fraction of sp³-hybridized carbons (Fsp3) is 0.0667. The molecule has 2 aromatic rings. The Hall–Kier alpha value is -2.51. The van der Waals surface area contributed by atoms with Crippen LogP contribution < -0.4 is 5.73 Å². The smallest absolute Gasteiger partial charge is 0.294 e. The van der Waals surface area contributed by atoms with Gasteiger partial charge >= 0.3 is 0 Å². The van der Waals surface area contributed by atoms with Crippen molar-refractivity contribution < 1.29 is 22.6 Å². The molecule has 0 saturated heterocycles. The summed E-state index contributed by atoms with van der Waals surface area (Å²) in [6.07, 6.45) is 0. The minimum absolute atomic E-state index is 0.0619. The first-order valence-corrected chi connectivity index (χ1v) is 7.76. The Balaban J connectivity index is 2.38. The van der Waals surface area contributed by atoms with Gasteiger partial charge in [-0.1, -0.05) is 12.1 Å². The van der Waals surface area contributed by atoms with E-state index in [1.54, 1.807) is 6.07 Å². The minimum atomic E-state index is -4.48. The highest BCUT2D eigenvalue weighted by Crippen LogP contribution is 2.33. The molecule has 0 aliphatic heterocycles. The quantitative estimate of drug-likeness (QED) is 0.520. The highest BCUT2D eigenvalue weighted by molar-refractivity contribution is 7.85. The van der Waals surface area contributed by atoms with Crippen LogP contribution in [0.3, 0.4) is 0 Å². The molecule has 2 aromatic carbocycles. The molecule has 3 N–H and O–H groups in total. The maximum atomic E-state index is 12.6. The number of carbonyl (C=O) groups excluding carboxylic acids is 2. The molecule has 6 nitrogen and oxygen atoms in total. The van der Waals surface area contributed by atoms with Crippen molar-refractivity contribution in [1.29, 1.82) is 0 Å². The van der Waals surface area contributed by atoms with E-state index in [4.69, 9.17) is 10.3 Å². The minimum Gasteiger partial charge on any atom is -0.398 e. The molecule has 0 amide bonds. The van der Waals surface area contributed by atoms with Crippen molar-refractivity contribution in [2.45, 2.75) is 11.8 Å². The highest BCUT2D eigenvalue weighted by atomic mass is 32.2. The Bertz CT molecular complexity index is 960. The number of hydrogen-bond acceptors (Lipinski definition) is 5. The molecule has 7 heteroatoms. The Labute approximate surface area is 126 Å². The van der Waals surface area contributed by atoms with Crippen LogP contribution in [-0.4, -0.2) is 24.5 Å². The Morgan fingerprint density at radius 1 is 1.00 bits per heavy atom. The van der Waals surface area contributed by atoms with Crippen LogP contribution in [0.1, 0.15) is 37.4 Å². The highest BCUT2D eigenvalue weighted by Gasteiger charge is 2.33. The number of benzene rings is 2. The third-order valence-corrected chi connectivity index (χ3v) is 4.48. The first-order valence-electron chi connectivity index (χ1n) is 6.32. The topological polar surface area (TPSA) is 115 Å². The van der Waals surface area contributed by atoms with E-state index < -0.39 is 26.6 Å². The maximum absolute atomic E-state index is 12.6. The van der Waals surface area contributed by atoms with Crippen molar-refractivity contribution in [3.8, 4) is 0 Å². The van der Waals surface area contributed by atoms with Gasteiger partial charge in [-0.25, -0.2) is 0 Å². The van der Waals surface area contributed by atoms with Gasteiger partial charge in [-0.2, -0.15) is 8.42 Å². The van der Waals surface area contributed by atoms with Crippen LogP contribution in [0.2, 0.25) is 0 Å². The molecule has 0 saturated carbocycles. The van der Waals surface area contributed by atoms with Crippen LogP contribution in [-0.2, 0) is 10.1 Å². The fourth-order valence-corrected chi connectivity index (χ4v) is 3.26. The molecule has 0 unspecified atom stereocenters. The molecular formula is C15H11NO5S. The fourth-order valence-electron chi connectivity index (χ4n) is 2.67. The lowest BCUT2D eigenvalue weighted by Gasteiger charge is -2.21. The van der Waals surface area contributed by atoms with Gasteiger partial charge in [-0.05, 0) is 30.7 Å². The zero-order chi connectivity index (χ0) is 16.2. The second-order valence-corrected chi connectivity index (χ2v) is 6.49. The van der Waals surface area contributed by atoms with Gasteiger partial charge in [0.05, 0.1) is 10.5 Å². The van der Waals surface area contributed by atoms with Crippen molar-refractivity contribution in [1.82, 2.24) is 0 Å². The summed E-state index contributed by atoms with van der Waals surface area (Å²) in [4.78, 5) is 24.7. The first-order chi connectivity index (χ1) is 10.2. The van der Waals surface area contributed by atoms with E-state index in [1.807, 2.05) is 0 Å². The van der Waals surface area contributed by atoms with Gasteiger partial charge in [-0.3, -0.25) is 14.1 Å². The summed E-state index contributed by atoms with van der Waals surface area (Å²) in [5.74, 6) is -0.924. The van der Waals surface area contributed by atoms with Gasteiger partial charge in [0.25, 0.3) is 10.1 Å². The molecule has 0 aromatic heterocycles. The van der Waals surface area contributed by atoms with Crippen molar-refractivity contribution >= 4 is 27.4 Å². The van der Waals surface area contributed by atoms with E-state index in [0.29, 0.717) is 5.56 Å². The Kier molecular flexibility index (Phi) is 2.95. The molecule has 0 spiro atoms. The lowest BCUT2D eigenvalue weighted by atomic mass is 9.81. The van der Waals surface area contributed by atoms with Crippen LogP contribution in [0.5, 0.6) is 0 Å². The average molecular weight is 317 g/mol. The lowest BCUT2D eigenvalue weighted by molar-refractivity contribution is 0.0979. The molecule has 0 bridgehead atoms. The van der Waals surface area contributed by atoms with E-state index in [0.717, 1.165) is 12.1 Å². The summed E-state index contributed by atoms with van der Waals surface area (Å²) in [5, 5.41) is 0. The number of nitrogen functional groups attached to an aromatic ring is 1. The molecule has 0 atom stereocenters. The monoisotopic (exact) mass is 317 g/mol. The van der Waals surface area contributed by atoms with E-state index in [1.165, 1.54) is 19.1 Å². The molecule has 0 radical (unpaired) electrons. The number of carbonyl (C=O) groups is 2. The molecule has 0 fully saturated rings. The van der Waals surface area contributed by atoms with Crippen LogP contribution >= 0.6 is 0 Å². The molecule has 0 heterocycles. The van der Waals surface area contributed by atoms with Gasteiger partial charge < -0.3 is 5.73 Å². The SMILES string of the molecule is Cc1cc(S(=O)(=O)O)cc2c1C(=O)c1cccc(N)c1C2=O. The summed E-state index contributed by atoms with van der Waals surface area (Å²) >= 11 is 0. The zero-order valence-electron chi connectivity index (χ0n) is 11.5. The van der Waals surface area contributed by atoms with Crippen LogP contribution in [0, 0.1) is 6.92 Å². The van der Waals surface area contributed by atoms with Gasteiger partial charge in [0.2, 0.25) is 0 Å². The largest absolute Gasteiger partial charge is 0.398 e. The van der Waals surface area contributed by atoms with E-state index in [9.17, 15) is 18.0 Å². The third kappa shape index (κ3) is 1.94. The molecule has 1 aliphatic rings. The Morgan fingerprint density at radius 2 is 1.64 bits per heavy atom. The van der Waals surface area contributed by atoms with Crippen LogP contribution in [0.4, 0.5) is 5.69 Å². The van der Waals surface area contributed by atoms with E-state index in [2.05, 4.69) is 0 Å². The maximum Gasteiger partial charge on any atom is 0.294 e. The molecule has 112 valence electrons. The summed E-state index contributed by atoms with van der Waals surface area (Å²) < 4.78 is 31.8. The van der Waals surface area contributed by atoms with E-state index in [-0.39, 0.29) is 27.9 Å². The predicted octanol–water partition coefficient (Wildman–Crippen LogP) is 1.60. The van der Waals surface area contributed by atoms with Crippen molar-refractivity contribution in [3.63, 3.8) is 0 Å². The number of rotatable bonds is 1. The summed E-state index contributed by atoms with van der Waals surface area (Å²) in [6.45, 7) is 1.51. The average Bonchev–Trinajstić information content (AvgIpc) is 2.42. The number of nitrogens with two attached hydrogens (primary N) is 1. The van der Waals surface area contributed by atoms with Gasteiger partial charge in [0, 0.05) is 22.4 Å². The number of aryl methyl sites for hydroxylation is 1. The van der Waals surface area contributed by atoms with Crippen molar-refractivity contribution in [2.24, 2.45) is 0 Å². The molecular weight excluding hydrogens is 306 g/mol. The molecule has 22 heavy (non-hydrogen) atoms. The van der Waals surface area contributed by atoms with Crippen molar-refractivity contribution in [2.75, 3.05) is 5.73 Å². The molecule has 1 aliphatic carbocycles. The normalized spacial score (nSPS) is 13.7. The Morgan fingerprint density at radius 3 is 2.27 bits per heavy atom. The standard InChI is InChI=1S/C15H11NO5S/c1-7-5-8(22(19,20)21)6-10-12(7)14(17)9-3-2-4-11(16)13(9)15(10)18/h2-6H,16H2,1H3,(H,19,20,21). The van der Waals surface area contributed by atoms with E-state index >= 15 is 0 Å². The van der Waals surface area contributed by atoms with Crippen molar-refractivity contribution in [3.05, 3.63) is 58.1 Å². The predicted molar refractivity (Wildman–Crippen MR) is 78.7 cm³/mol. The second kappa shape index (κ2) is 4.49. The number of hydrogen-bond donors (Lipinski definition) is 2. The van der Waals surface area contributed by atoms with Gasteiger partial charge in [0.1, 0.15) is 0 Å². The molecule has 3 rings (SSSR count).